The number of benzene rings is 2. The lowest BCUT2D eigenvalue weighted by atomic mass is 10.2. The third-order valence-electron chi connectivity index (χ3n) is 3.12. The maximum atomic E-state index is 5.81. The highest BCUT2D eigenvalue weighted by molar-refractivity contribution is 5.46. The van der Waals surface area contributed by atoms with E-state index in [-0.39, 0.29) is 0 Å². The van der Waals surface area contributed by atoms with Crippen molar-refractivity contribution in [3.63, 3.8) is 0 Å². The van der Waals surface area contributed by atoms with Gasteiger partial charge in [0.05, 0.1) is 19.5 Å². The Morgan fingerprint density at radius 3 is 2.67 bits per heavy atom. The Balaban J connectivity index is 1.86. The van der Waals surface area contributed by atoms with E-state index in [1.54, 1.807) is 18.0 Å². The summed E-state index contributed by atoms with van der Waals surface area (Å²) in [5.74, 6) is 2.25. The largest absolute Gasteiger partial charge is 0.494 e. The third kappa shape index (κ3) is 2.89. The molecule has 0 aliphatic carbocycles. The van der Waals surface area contributed by atoms with Crippen molar-refractivity contribution in [2.75, 3.05) is 7.11 Å². The molecular formula is C17H16N2O2. The molecule has 106 valence electrons. The third-order valence-corrected chi connectivity index (χ3v) is 3.12. The van der Waals surface area contributed by atoms with Gasteiger partial charge in [-0.05, 0) is 36.8 Å². The Hall–Kier alpha value is -2.75. The van der Waals surface area contributed by atoms with Crippen LogP contribution in [0.15, 0.2) is 60.9 Å². The topological polar surface area (TPSA) is 36.3 Å². The van der Waals surface area contributed by atoms with E-state index in [1.807, 2.05) is 61.7 Å². The first-order valence-corrected chi connectivity index (χ1v) is 6.69. The Morgan fingerprint density at radius 1 is 1.00 bits per heavy atom. The van der Waals surface area contributed by atoms with Gasteiger partial charge in [0, 0.05) is 0 Å². The number of aryl methyl sites for hydroxylation is 1. The summed E-state index contributed by atoms with van der Waals surface area (Å²) >= 11 is 0. The first kappa shape index (κ1) is 13.2. The van der Waals surface area contributed by atoms with Crippen LogP contribution in [-0.2, 0) is 0 Å². The van der Waals surface area contributed by atoms with Crippen LogP contribution in [0.2, 0.25) is 0 Å². The molecule has 1 aromatic heterocycles. The Labute approximate surface area is 123 Å². The van der Waals surface area contributed by atoms with E-state index in [1.165, 1.54) is 0 Å². The van der Waals surface area contributed by atoms with Crippen LogP contribution in [0.25, 0.3) is 5.69 Å². The summed E-state index contributed by atoms with van der Waals surface area (Å²) in [6.45, 7) is 2.03. The Kier molecular flexibility index (Phi) is 3.60. The fourth-order valence-electron chi connectivity index (χ4n) is 2.12. The number of methoxy groups -OCH3 is 1. The molecule has 3 aromatic rings. The number of rotatable bonds is 4. The van der Waals surface area contributed by atoms with E-state index < -0.39 is 0 Å². The van der Waals surface area contributed by atoms with Crippen LogP contribution in [0, 0.1) is 6.92 Å². The molecule has 0 aliphatic heterocycles. The molecule has 0 radical (unpaired) electrons. The van der Waals surface area contributed by atoms with Crippen molar-refractivity contribution in [2.45, 2.75) is 6.92 Å². The molecule has 0 spiro atoms. The monoisotopic (exact) mass is 280 g/mol. The van der Waals surface area contributed by atoms with Gasteiger partial charge in [-0.2, -0.15) is 5.10 Å². The smallest absolute Gasteiger partial charge is 0.165 e. The van der Waals surface area contributed by atoms with E-state index in [9.17, 15) is 0 Å². The second kappa shape index (κ2) is 5.71. The van der Waals surface area contributed by atoms with Crippen molar-refractivity contribution < 1.29 is 9.47 Å². The van der Waals surface area contributed by atoms with Crippen molar-refractivity contribution in [1.29, 1.82) is 0 Å². The molecule has 0 bridgehead atoms. The van der Waals surface area contributed by atoms with Crippen molar-refractivity contribution in [3.8, 4) is 22.9 Å². The molecule has 2 aromatic carbocycles. The summed E-state index contributed by atoms with van der Waals surface area (Å²) in [5, 5.41) is 4.33. The number of hydrogen-bond acceptors (Lipinski definition) is 3. The van der Waals surface area contributed by atoms with E-state index in [0.29, 0.717) is 5.75 Å². The normalized spacial score (nSPS) is 10.4. The van der Waals surface area contributed by atoms with Crippen LogP contribution in [0.5, 0.6) is 17.2 Å². The van der Waals surface area contributed by atoms with E-state index in [4.69, 9.17) is 9.47 Å². The molecule has 0 aliphatic rings. The van der Waals surface area contributed by atoms with E-state index in [2.05, 4.69) is 5.10 Å². The standard InChI is InChI=1S/C17H16N2O2/c1-13-6-5-7-14(10-13)21-15-11-18-19(12-15)16-8-3-4-9-17(16)20-2/h3-12H,1-2H3. The van der Waals surface area contributed by atoms with Gasteiger partial charge in [-0.25, -0.2) is 4.68 Å². The molecule has 0 amide bonds. The molecule has 0 fully saturated rings. The highest BCUT2D eigenvalue weighted by atomic mass is 16.5. The van der Waals surface area contributed by atoms with Crippen molar-refractivity contribution in [2.24, 2.45) is 0 Å². The summed E-state index contributed by atoms with van der Waals surface area (Å²) in [5.41, 5.74) is 2.03. The van der Waals surface area contributed by atoms with E-state index in [0.717, 1.165) is 22.7 Å². The minimum atomic E-state index is 0.687. The highest BCUT2D eigenvalue weighted by Gasteiger charge is 2.07. The molecule has 1 heterocycles. The fraction of sp³-hybridized carbons (Fsp3) is 0.118. The predicted molar refractivity (Wildman–Crippen MR) is 81.4 cm³/mol. The minimum Gasteiger partial charge on any atom is -0.494 e. The van der Waals surface area contributed by atoms with Gasteiger partial charge in [-0.1, -0.05) is 24.3 Å². The molecule has 0 unspecified atom stereocenters. The summed E-state index contributed by atoms with van der Waals surface area (Å²) in [6, 6.07) is 15.6. The lowest BCUT2D eigenvalue weighted by Crippen LogP contribution is -1.97. The van der Waals surface area contributed by atoms with Gasteiger partial charge < -0.3 is 9.47 Å². The predicted octanol–water partition coefficient (Wildman–Crippen LogP) is 3.98. The average Bonchev–Trinajstić information content (AvgIpc) is 2.95. The minimum absolute atomic E-state index is 0.687. The van der Waals surface area contributed by atoms with Gasteiger partial charge in [0.15, 0.2) is 5.75 Å². The van der Waals surface area contributed by atoms with Gasteiger partial charge in [0.2, 0.25) is 0 Å². The molecule has 0 N–H and O–H groups in total. The molecule has 4 heteroatoms. The zero-order valence-corrected chi connectivity index (χ0v) is 12.0. The average molecular weight is 280 g/mol. The summed E-state index contributed by atoms with van der Waals surface area (Å²) in [7, 11) is 1.65. The second-order valence-corrected chi connectivity index (χ2v) is 4.71. The lowest BCUT2D eigenvalue weighted by Gasteiger charge is -2.07. The Bertz CT molecular complexity index is 750. The summed E-state index contributed by atoms with van der Waals surface area (Å²) in [6.07, 6.45) is 3.52. The number of para-hydroxylation sites is 2. The summed E-state index contributed by atoms with van der Waals surface area (Å²) in [4.78, 5) is 0. The van der Waals surface area contributed by atoms with Crippen LogP contribution in [0.3, 0.4) is 0 Å². The van der Waals surface area contributed by atoms with Gasteiger partial charge >= 0.3 is 0 Å². The van der Waals surface area contributed by atoms with Gasteiger partial charge in [0.1, 0.15) is 17.2 Å². The van der Waals surface area contributed by atoms with Crippen molar-refractivity contribution >= 4 is 0 Å². The van der Waals surface area contributed by atoms with Crippen LogP contribution in [0.4, 0.5) is 0 Å². The number of aromatic nitrogens is 2. The number of hydrogen-bond donors (Lipinski definition) is 0. The maximum Gasteiger partial charge on any atom is 0.165 e. The van der Waals surface area contributed by atoms with Gasteiger partial charge in [-0.15, -0.1) is 0 Å². The fourth-order valence-corrected chi connectivity index (χ4v) is 2.12. The number of ether oxygens (including phenoxy) is 2. The van der Waals surface area contributed by atoms with Crippen LogP contribution >= 0.6 is 0 Å². The highest BCUT2D eigenvalue weighted by Crippen LogP contribution is 2.26. The second-order valence-electron chi connectivity index (χ2n) is 4.71. The van der Waals surface area contributed by atoms with Crippen LogP contribution in [0.1, 0.15) is 5.56 Å². The molecular weight excluding hydrogens is 264 g/mol. The van der Waals surface area contributed by atoms with Crippen LogP contribution < -0.4 is 9.47 Å². The molecule has 4 nitrogen and oxygen atoms in total. The van der Waals surface area contributed by atoms with Crippen LogP contribution in [-0.4, -0.2) is 16.9 Å². The zero-order chi connectivity index (χ0) is 14.7. The van der Waals surface area contributed by atoms with E-state index >= 15 is 0 Å². The SMILES string of the molecule is COc1ccccc1-n1cc(Oc2cccc(C)c2)cn1. The summed E-state index contributed by atoms with van der Waals surface area (Å²) < 4.78 is 12.9. The van der Waals surface area contributed by atoms with Gasteiger partial charge in [0.25, 0.3) is 0 Å². The lowest BCUT2D eigenvalue weighted by molar-refractivity contribution is 0.411. The molecule has 0 saturated carbocycles. The van der Waals surface area contributed by atoms with Gasteiger partial charge in [-0.3, -0.25) is 0 Å². The Morgan fingerprint density at radius 2 is 1.86 bits per heavy atom. The first-order chi connectivity index (χ1) is 10.3. The maximum absolute atomic E-state index is 5.81. The first-order valence-electron chi connectivity index (χ1n) is 6.69. The zero-order valence-electron chi connectivity index (χ0n) is 12.0. The molecule has 0 saturated heterocycles. The quantitative estimate of drug-likeness (QED) is 0.725. The van der Waals surface area contributed by atoms with Crippen molar-refractivity contribution in [3.05, 3.63) is 66.5 Å². The molecule has 21 heavy (non-hydrogen) atoms. The molecule has 0 atom stereocenters. The molecule has 3 rings (SSSR count). The number of nitrogens with zero attached hydrogens (tertiary/aromatic N) is 2. The van der Waals surface area contributed by atoms with Crippen molar-refractivity contribution in [1.82, 2.24) is 9.78 Å².